The second-order valence-corrected chi connectivity index (χ2v) is 22.3. The Bertz CT molecular complexity index is 2780. The molecule has 0 spiro atoms. The van der Waals surface area contributed by atoms with Gasteiger partial charge in [0, 0.05) is 56.2 Å². The van der Waals surface area contributed by atoms with Crippen molar-refractivity contribution in [2.24, 2.45) is 0 Å². The minimum absolute atomic E-state index is 0.0383. The molecule has 0 atom stereocenters. The zero-order valence-corrected chi connectivity index (χ0v) is 39.1. The Morgan fingerprint density at radius 3 is 0.767 bits per heavy atom. The average Bonchev–Trinajstić information content (AvgIpc) is 3.95. The number of nitrogens with one attached hydrogen (secondary N) is 2. The zero-order chi connectivity index (χ0) is 42.8. The molecule has 4 aromatic carbocycles. The summed E-state index contributed by atoms with van der Waals surface area (Å²) >= 11 is 0. The van der Waals surface area contributed by atoms with E-state index < -0.39 is 0 Å². The molecule has 0 aliphatic heterocycles. The number of fused-ring (bicyclic) bond motifs is 10. The quantitative estimate of drug-likeness (QED) is 0.168. The first-order chi connectivity index (χ1) is 28.2. The van der Waals surface area contributed by atoms with Crippen molar-refractivity contribution >= 4 is 87.2 Å². The van der Waals surface area contributed by atoms with Gasteiger partial charge in [0.05, 0.1) is 44.1 Å². The standard InChI is InChI=1S/C56H68N4/c1-15-17-23-59-45-19-20-46(59)42-30-34(54(6,7)8)26-38-40-28-36(56(12,13)14)32-44(52(40)58-50(38)42)48-22-21-47(60(48)24-18-16-2)43-31-35(55(9,10)11)27-39-37-25-33(53(3,4)5)29-41(45)49(37)57-51(39)43/h19-22,25-32,57-58H,15-18,23-24H2,1-14H3. The number of aromatic amines is 2. The van der Waals surface area contributed by atoms with Crippen molar-refractivity contribution in [3.63, 3.8) is 0 Å². The van der Waals surface area contributed by atoms with Gasteiger partial charge in [-0.25, -0.2) is 0 Å². The summed E-state index contributed by atoms with van der Waals surface area (Å²) in [6, 6.07) is 29.6. The number of benzene rings is 4. The van der Waals surface area contributed by atoms with E-state index in [1.54, 1.807) is 0 Å². The predicted molar refractivity (Wildman–Crippen MR) is 265 cm³/mol. The molecular formula is C56H68N4. The van der Waals surface area contributed by atoms with E-state index in [-0.39, 0.29) is 21.7 Å². The first-order valence-corrected chi connectivity index (χ1v) is 22.9. The third-order valence-corrected chi connectivity index (χ3v) is 13.6. The van der Waals surface area contributed by atoms with Crippen molar-refractivity contribution in [3.05, 3.63) is 95.1 Å². The fourth-order valence-electron chi connectivity index (χ4n) is 9.74. The highest BCUT2D eigenvalue weighted by atomic mass is 15.0. The van der Waals surface area contributed by atoms with E-state index in [1.165, 1.54) is 109 Å². The lowest BCUT2D eigenvalue weighted by molar-refractivity contribution is 0.591. The van der Waals surface area contributed by atoms with E-state index in [9.17, 15) is 0 Å². The van der Waals surface area contributed by atoms with E-state index >= 15 is 0 Å². The van der Waals surface area contributed by atoms with Crippen LogP contribution in [0.1, 0.15) is 145 Å². The number of hydrogen-bond donors (Lipinski definition) is 2. The first kappa shape index (κ1) is 40.4. The van der Waals surface area contributed by atoms with E-state index in [2.05, 4.69) is 189 Å². The summed E-state index contributed by atoms with van der Waals surface area (Å²) < 4.78 is 5.30. The summed E-state index contributed by atoms with van der Waals surface area (Å²) in [5.74, 6) is 0. The highest BCUT2D eigenvalue weighted by Crippen LogP contribution is 2.44. The second-order valence-electron chi connectivity index (χ2n) is 22.3. The second kappa shape index (κ2) is 13.8. The molecule has 5 heterocycles. The first-order valence-electron chi connectivity index (χ1n) is 22.9. The van der Waals surface area contributed by atoms with Gasteiger partial charge in [-0.2, -0.15) is 0 Å². The van der Waals surface area contributed by atoms with Crippen LogP contribution in [0.25, 0.3) is 87.2 Å². The van der Waals surface area contributed by atoms with Crippen LogP contribution in [0, 0.1) is 0 Å². The summed E-state index contributed by atoms with van der Waals surface area (Å²) in [4.78, 5) is 8.37. The highest BCUT2D eigenvalue weighted by molar-refractivity contribution is 6.24. The van der Waals surface area contributed by atoms with Gasteiger partial charge in [-0.05, 0) is 130 Å². The van der Waals surface area contributed by atoms with Crippen molar-refractivity contribution < 1.29 is 0 Å². The molecule has 8 bridgehead atoms. The van der Waals surface area contributed by atoms with Gasteiger partial charge < -0.3 is 19.1 Å². The minimum Gasteiger partial charge on any atom is -0.353 e. The fraction of sp³-hybridized carbons (Fsp3) is 0.429. The summed E-state index contributed by atoms with van der Waals surface area (Å²) in [6.07, 6.45) is 4.46. The van der Waals surface area contributed by atoms with Crippen LogP contribution in [0.4, 0.5) is 0 Å². The molecule has 0 amide bonds. The lowest BCUT2D eigenvalue weighted by atomic mass is 9.84. The van der Waals surface area contributed by atoms with Gasteiger partial charge in [-0.15, -0.1) is 0 Å². The Morgan fingerprint density at radius 1 is 0.350 bits per heavy atom. The van der Waals surface area contributed by atoms with Gasteiger partial charge in [0.2, 0.25) is 0 Å². The van der Waals surface area contributed by atoms with Gasteiger partial charge in [-0.3, -0.25) is 0 Å². The van der Waals surface area contributed by atoms with E-state index in [0.29, 0.717) is 0 Å². The number of hydrogen-bond acceptors (Lipinski definition) is 0. The van der Waals surface area contributed by atoms with Gasteiger partial charge >= 0.3 is 0 Å². The Balaban J connectivity index is 1.67. The molecule has 4 heteroatoms. The van der Waals surface area contributed by atoms with Gasteiger partial charge in [0.1, 0.15) is 0 Å². The molecule has 0 unspecified atom stereocenters. The molecule has 60 heavy (non-hydrogen) atoms. The summed E-state index contributed by atoms with van der Waals surface area (Å²) in [5.41, 5.74) is 15.3. The maximum absolute atomic E-state index is 4.18. The molecule has 0 saturated heterocycles. The molecule has 9 rings (SSSR count). The Kier molecular flexibility index (Phi) is 9.29. The lowest BCUT2D eigenvalue weighted by Crippen LogP contribution is -2.11. The third kappa shape index (κ3) is 6.47. The average molecular weight is 797 g/mol. The normalized spacial score (nSPS) is 13.6. The Labute approximate surface area is 357 Å². The van der Waals surface area contributed by atoms with Crippen molar-refractivity contribution in [1.29, 1.82) is 0 Å². The zero-order valence-electron chi connectivity index (χ0n) is 39.1. The molecule has 2 N–H and O–H groups in total. The number of aryl methyl sites for hydroxylation is 2. The smallest absolute Gasteiger partial charge is 0.0559 e. The predicted octanol–water partition coefficient (Wildman–Crippen LogP) is 16.5. The van der Waals surface area contributed by atoms with Crippen LogP contribution in [0.3, 0.4) is 0 Å². The molecule has 4 nitrogen and oxygen atoms in total. The molecule has 0 fully saturated rings. The molecule has 0 saturated carbocycles. The molecular weight excluding hydrogens is 729 g/mol. The van der Waals surface area contributed by atoms with E-state index in [0.717, 1.165) is 38.8 Å². The topological polar surface area (TPSA) is 41.4 Å². The van der Waals surface area contributed by atoms with Crippen molar-refractivity contribution in [1.82, 2.24) is 19.1 Å². The highest BCUT2D eigenvalue weighted by Gasteiger charge is 2.25. The minimum atomic E-state index is -0.0383. The number of H-pyrrole nitrogens is 2. The van der Waals surface area contributed by atoms with E-state index in [4.69, 9.17) is 0 Å². The summed E-state index contributed by atoms with van der Waals surface area (Å²) in [5, 5.41) is 10.4. The largest absolute Gasteiger partial charge is 0.353 e. The van der Waals surface area contributed by atoms with Gasteiger partial charge in [0.25, 0.3) is 0 Å². The van der Waals surface area contributed by atoms with Crippen LogP contribution in [0.5, 0.6) is 0 Å². The number of nitrogens with zero attached hydrogens (tertiary/aromatic N) is 2. The van der Waals surface area contributed by atoms with Gasteiger partial charge in [-0.1, -0.05) is 110 Å². The molecule has 0 aliphatic rings. The Morgan fingerprint density at radius 2 is 0.567 bits per heavy atom. The van der Waals surface area contributed by atoms with Crippen LogP contribution < -0.4 is 0 Å². The van der Waals surface area contributed by atoms with Crippen LogP contribution in [0.15, 0.2) is 72.8 Å². The lowest BCUT2D eigenvalue weighted by Gasteiger charge is -2.21. The number of unbranched alkanes of at least 4 members (excludes halogenated alkanes) is 2. The maximum Gasteiger partial charge on any atom is 0.0559 e. The van der Waals surface area contributed by atoms with Crippen molar-refractivity contribution in [2.45, 2.75) is 157 Å². The van der Waals surface area contributed by atoms with Gasteiger partial charge in [0.15, 0.2) is 0 Å². The third-order valence-electron chi connectivity index (χ3n) is 13.6. The van der Waals surface area contributed by atoms with Crippen LogP contribution in [-0.2, 0) is 34.7 Å². The van der Waals surface area contributed by atoms with Crippen molar-refractivity contribution in [3.8, 4) is 0 Å². The SMILES string of the molecule is CCCCn1c2ccc1c1cc(C(C)(C)C)cc3c4cc(C(C)(C)C)cc(c4[nH]c31)c1ccc(c3cc(C(C)(C)C)cc4c5cc(C(C)(C)C)cc2c5[nH]c43)n1CCCC. The monoisotopic (exact) mass is 797 g/mol. The van der Waals surface area contributed by atoms with Crippen LogP contribution in [0.2, 0.25) is 0 Å². The molecule has 0 aliphatic carbocycles. The number of aromatic nitrogens is 4. The van der Waals surface area contributed by atoms with Crippen molar-refractivity contribution in [2.75, 3.05) is 0 Å². The molecule has 9 aromatic rings. The summed E-state index contributed by atoms with van der Waals surface area (Å²) in [6.45, 7) is 34.9. The fourth-order valence-corrected chi connectivity index (χ4v) is 9.74. The molecule has 312 valence electrons. The maximum atomic E-state index is 4.18. The van der Waals surface area contributed by atoms with Crippen LogP contribution >= 0.6 is 0 Å². The molecule has 5 aromatic heterocycles. The summed E-state index contributed by atoms with van der Waals surface area (Å²) in [7, 11) is 0. The van der Waals surface area contributed by atoms with E-state index in [1.807, 2.05) is 0 Å². The number of rotatable bonds is 6. The van der Waals surface area contributed by atoms with Crippen LogP contribution in [-0.4, -0.2) is 19.1 Å². The Hall–Kier alpha value is -4.96. The molecule has 0 radical (unpaired) electrons.